The van der Waals surface area contributed by atoms with Crippen LogP contribution in [-0.2, 0) is 6.61 Å². The molecule has 1 heterocycles. The minimum absolute atomic E-state index is 0.202. The Hall–Kier alpha value is -4.43. The number of rotatable bonds is 10. The van der Waals surface area contributed by atoms with Gasteiger partial charge < -0.3 is 14.2 Å². The number of nitrogens with zero attached hydrogens (tertiary/aromatic N) is 3. The molecule has 0 aliphatic heterocycles. The van der Waals surface area contributed by atoms with Crippen molar-refractivity contribution in [3.8, 4) is 28.6 Å². The summed E-state index contributed by atoms with van der Waals surface area (Å²) in [4.78, 5) is 18.8. The predicted molar refractivity (Wildman–Crippen MR) is 181 cm³/mol. The van der Waals surface area contributed by atoms with Crippen LogP contribution < -0.4 is 19.8 Å². The lowest BCUT2D eigenvalue weighted by Crippen LogP contribution is -2.21. The minimum atomic E-state index is -0.262. The van der Waals surface area contributed by atoms with Gasteiger partial charge in [0.2, 0.25) is 0 Å². The van der Waals surface area contributed by atoms with E-state index >= 15 is 0 Å². The highest BCUT2D eigenvalue weighted by Gasteiger charge is 2.19. The maximum Gasteiger partial charge on any atom is 0.282 e. The zero-order valence-electron chi connectivity index (χ0n) is 25.8. The van der Waals surface area contributed by atoms with Crippen LogP contribution in [0.3, 0.4) is 0 Å². The van der Waals surface area contributed by atoms with Gasteiger partial charge in [-0.2, -0.15) is 9.78 Å². The molecule has 0 aliphatic rings. The van der Waals surface area contributed by atoms with Crippen molar-refractivity contribution in [2.75, 3.05) is 13.7 Å². The Morgan fingerprint density at radius 1 is 0.955 bits per heavy atom. The number of methoxy groups -OCH3 is 1. The van der Waals surface area contributed by atoms with Crippen molar-refractivity contribution >= 4 is 33.0 Å². The van der Waals surface area contributed by atoms with E-state index in [-0.39, 0.29) is 11.5 Å². The van der Waals surface area contributed by atoms with Gasteiger partial charge in [-0.15, -0.1) is 0 Å². The summed E-state index contributed by atoms with van der Waals surface area (Å²) in [5, 5.41) is 5.20. The smallest absolute Gasteiger partial charge is 0.282 e. The summed E-state index contributed by atoms with van der Waals surface area (Å²) in [7, 11) is 1.67. The van der Waals surface area contributed by atoms with Crippen LogP contribution in [0.4, 0.5) is 0 Å². The SMILES string of the molecule is CCOc1cc(C=Nn2c(-c3cc(C(C)C)c(OC)cc3C)nc3ccccc3c2=O)c(Br)cc1OCc1ccc(C)cc1. The van der Waals surface area contributed by atoms with Crippen molar-refractivity contribution in [1.82, 2.24) is 9.66 Å². The Balaban J connectivity index is 1.59. The van der Waals surface area contributed by atoms with Crippen LogP contribution in [0.15, 0.2) is 87.2 Å². The summed E-state index contributed by atoms with van der Waals surface area (Å²) >= 11 is 3.67. The molecule has 0 amide bonds. The second kappa shape index (κ2) is 13.5. The number of benzene rings is 4. The van der Waals surface area contributed by atoms with E-state index in [1.54, 1.807) is 19.4 Å². The molecule has 0 fully saturated rings. The quantitative estimate of drug-likeness (QED) is 0.141. The normalized spacial score (nSPS) is 11.5. The predicted octanol–water partition coefficient (Wildman–Crippen LogP) is 8.43. The van der Waals surface area contributed by atoms with Gasteiger partial charge in [0, 0.05) is 15.6 Å². The number of aromatic nitrogens is 2. The van der Waals surface area contributed by atoms with E-state index in [1.807, 2.05) is 68.4 Å². The first-order valence-corrected chi connectivity index (χ1v) is 15.4. The maximum absolute atomic E-state index is 13.9. The average Bonchev–Trinajstić information content (AvgIpc) is 3.01. The third kappa shape index (κ3) is 6.55. The Labute approximate surface area is 266 Å². The molecule has 8 heteroatoms. The standard InChI is InChI=1S/C36H36BrN3O4/c1-7-43-33-17-26(30(37)19-34(33)44-21-25-14-12-23(4)13-15-25)20-38-40-35(39-31-11-9-8-10-27(31)36(40)41)29-18-28(22(2)3)32(42-6)16-24(29)5/h8-20,22H,7,21H2,1-6H3. The molecule has 0 saturated heterocycles. The van der Waals surface area contributed by atoms with Gasteiger partial charge in [0.15, 0.2) is 17.3 Å². The van der Waals surface area contributed by atoms with Crippen LogP contribution >= 0.6 is 15.9 Å². The van der Waals surface area contributed by atoms with E-state index in [2.05, 4.69) is 48.8 Å². The van der Waals surface area contributed by atoms with Crippen LogP contribution in [0.2, 0.25) is 0 Å². The first-order valence-electron chi connectivity index (χ1n) is 14.6. The van der Waals surface area contributed by atoms with E-state index in [9.17, 15) is 4.79 Å². The molecule has 226 valence electrons. The molecule has 44 heavy (non-hydrogen) atoms. The van der Waals surface area contributed by atoms with Crippen LogP contribution in [0.1, 0.15) is 54.5 Å². The van der Waals surface area contributed by atoms with E-state index in [4.69, 9.17) is 24.3 Å². The second-order valence-electron chi connectivity index (χ2n) is 10.9. The number of hydrogen-bond acceptors (Lipinski definition) is 6. The average molecular weight is 655 g/mol. The molecule has 0 spiro atoms. The molecule has 5 aromatic rings. The van der Waals surface area contributed by atoms with Crippen molar-refractivity contribution in [1.29, 1.82) is 0 Å². The number of aryl methyl sites for hydroxylation is 2. The number of halogens is 1. The molecule has 0 radical (unpaired) electrons. The monoisotopic (exact) mass is 653 g/mol. The highest BCUT2D eigenvalue weighted by atomic mass is 79.9. The zero-order chi connectivity index (χ0) is 31.4. The molecular weight excluding hydrogens is 618 g/mol. The molecule has 0 saturated carbocycles. The summed E-state index contributed by atoms with van der Waals surface area (Å²) in [6.45, 7) is 11.1. The molecule has 0 bridgehead atoms. The van der Waals surface area contributed by atoms with Crippen LogP contribution in [0.5, 0.6) is 17.2 Å². The van der Waals surface area contributed by atoms with Crippen molar-refractivity contribution in [2.24, 2.45) is 5.10 Å². The Kier molecular flexibility index (Phi) is 9.49. The molecule has 0 N–H and O–H groups in total. The van der Waals surface area contributed by atoms with Gasteiger partial charge in [-0.3, -0.25) is 4.79 Å². The number of para-hydroxylation sites is 1. The highest BCUT2D eigenvalue weighted by molar-refractivity contribution is 9.10. The van der Waals surface area contributed by atoms with Gasteiger partial charge in [0.05, 0.1) is 30.8 Å². The van der Waals surface area contributed by atoms with E-state index < -0.39 is 0 Å². The molecular formula is C36H36BrN3O4. The number of hydrogen-bond donors (Lipinski definition) is 0. The zero-order valence-corrected chi connectivity index (χ0v) is 27.4. The summed E-state index contributed by atoms with van der Waals surface area (Å²) in [6.07, 6.45) is 1.64. The Bertz CT molecular complexity index is 1900. The molecule has 4 aromatic carbocycles. The van der Waals surface area contributed by atoms with Gasteiger partial charge in [0.1, 0.15) is 12.4 Å². The molecule has 5 rings (SSSR count). The lowest BCUT2D eigenvalue weighted by atomic mass is 9.96. The van der Waals surface area contributed by atoms with Crippen molar-refractivity contribution < 1.29 is 14.2 Å². The van der Waals surface area contributed by atoms with Gasteiger partial charge in [-0.25, -0.2) is 4.98 Å². The summed E-state index contributed by atoms with van der Waals surface area (Å²) < 4.78 is 19.9. The lowest BCUT2D eigenvalue weighted by Gasteiger charge is -2.17. The maximum atomic E-state index is 13.9. The van der Waals surface area contributed by atoms with Crippen LogP contribution in [0.25, 0.3) is 22.3 Å². The van der Waals surface area contributed by atoms with Gasteiger partial charge in [0.25, 0.3) is 5.56 Å². The van der Waals surface area contributed by atoms with Crippen LogP contribution in [0, 0.1) is 13.8 Å². The fourth-order valence-electron chi connectivity index (χ4n) is 4.97. The number of ether oxygens (including phenoxy) is 3. The highest BCUT2D eigenvalue weighted by Crippen LogP contribution is 2.35. The lowest BCUT2D eigenvalue weighted by molar-refractivity contribution is 0.269. The van der Waals surface area contributed by atoms with E-state index in [0.717, 1.165) is 38.0 Å². The minimum Gasteiger partial charge on any atom is -0.496 e. The topological polar surface area (TPSA) is 74.9 Å². The summed E-state index contributed by atoms with van der Waals surface area (Å²) in [5.74, 6) is 2.65. The van der Waals surface area contributed by atoms with Gasteiger partial charge in [-0.05, 0) is 95.7 Å². The van der Waals surface area contributed by atoms with Gasteiger partial charge >= 0.3 is 0 Å². The summed E-state index contributed by atoms with van der Waals surface area (Å²) in [5.41, 5.74) is 6.08. The van der Waals surface area contributed by atoms with E-state index in [1.165, 1.54) is 10.2 Å². The third-order valence-electron chi connectivity index (χ3n) is 7.38. The Morgan fingerprint density at radius 3 is 2.39 bits per heavy atom. The van der Waals surface area contributed by atoms with Crippen LogP contribution in [-0.4, -0.2) is 29.6 Å². The summed E-state index contributed by atoms with van der Waals surface area (Å²) in [6, 6.07) is 23.3. The van der Waals surface area contributed by atoms with E-state index in [0.29, 0.717) is 41.4 Å². The fourth-order valence-corrected chi connectivity index (χ4v) is 5.39. The molecule has 0 unspecified atom stereocenters. The van der Waals surface area contributed by atoms with Crippen molar-refractivity contribution in [3.05, 3.63) is 115 Å². The first-order chi connectivity index (χ1) is 21.2. The third-order valence-corrected chi connectivity index (χ3v) is 8.07. The first kappa shape index (κ1) is 31.0. The second-order valence-corrected chi connectivity index (χ2v) is 11.8. The molecule has 0 aliphatic carbocycles. The Morgan fingerprint density at radius 2 is 1.68 bits per heavy atom. The molecule has 1 aromatic heterocycles. The number of fused-ring (bicyclic) bond motifs is 1. The van der Waals surface area contributed by atoms with Crippen molar-refractivity contribution in [2.45, 2.75) is 47.1 Å². The molecule has 7 nitrogen and oxygen atoms in total. The van der Waals surface area contributed by atoms with Crippen molar-refractivity contribution in [3.63, 3.8) is 0 Å². The van der Waals surface area contributed by atoms with Gasteiger partial charge in [-0.1, -0.05) is 55.8 Å². The largest absolute Gasteiger partial charge is 0.496 e. The fraction of sp³-hybridized carbons (Fsp3) is 0.250. The molecule has 0 atom stereocenters.